The van der Waals surface area contributed by atoms with Gasteiger partial charge < -0.3 is 29.9 Å². The van der Waals surface area contributed by atoms with Gasteiger partial charge in [-0.25, -0.2) is 14.8 Å². The van der Waals surface area contributed by atoms with E-state index in [9.17, 15) is 24.6 Å². The van der Waals surface area contributed by atoms with Gasteiger partial charge in [-0.15, -0.1) is 6.58 Å². The van der Waals surface area contributed by atoms with E-state index in [4.69, 9.17) is 0 Å². The first-order valence-corrected chi connectivity index (χ1v) is 20.2. The Hall–Kier alpha value is -5.96. The predicted molar refractivity (Wildman–Crippen MR) is 226 cm³/mol. The molecule has 5 aromatic rings. The van der Waals surface area contributed by atoms with Gasteiger partial charge in [-0.1, -0.05) is 66.7 Å². The molecule has 2 aromatic heterocycles. The molecule has 310 valence electrons. The van der Waals surface area contributed by atoms with E-state index in [-0.39, 0.29) is 62.7 Å². The van der Waals surface area contributed by atoms with Gasteiger partial charge >= 0.3 is 6.03 Å². The van der Waals surface area contributed by atoms with Gasteiger partial charge in [0.25, 0.3) is 5.91 Å². The van der Waals surface area contributed by atoms with Crippen LogP contribution in [0, 0.1) is 13.8 Å². The zero-order chi connectivity index (χ0) is 42.0. The largest absolute Gasteiger partial charge is 0.508 e. The Kier molecular flexibility index (Phi) is 12.2. The van der Waals surface area contributed by atoms with E-state index < -0.39 is 18.4 Å². The van der Waals surface area contributed by atoms with Gasteiger partial charge in [0.1, 0.15) is 18.1 Å². The molecular weight excluding hydrogens is 747 g/mol. The molecule has 3 atom stereocenters. The van der Waals surface area contributed by atoms with Crippen LogP contribution in [0.1, 0.15) is 50.4 Å². The van der Waals surface area contributed by atoms with Crippen LogP contribution in [0.25, 0.3) is 10.9 Å². The molecule has 3 N–H and O–H groups in total. The number of para-hydroxylation sites is 1. The fraction of sp³-hybridized carbons (Fsp3) is 0.378. The molecule has 4 amide bonds. The maximum Gasteiger partial charge on any atom is 0.334 e. The average molecular weight is 802 g/mol. The van der Waals surface area contributed by atoms with Crippen LogP contribution in [-0.2, 0) is 44.8 Å². The summed E-state index contributed by atoms with van der Waals surface area (Å²) in [6, 6.07) is 21.1. The van der Waals surface area contributed by atoms with Gasteiger partial charge in [0.2, 0.25) is 5.91 Å². The third kappa shape index (κ3) is 8.47. The number of nitrogens with zero attached hydrogens (tertiary/aromatic N) is 8. The molecule has 0 radical (unpaired) electrons. The van der Waals surface area contributed by atoms with E-state index in [1.165, 1.54) is 5.56 Å². The number of hydrazine groups is 1. The number of amides is 4. The van der Waals surface area contributed by atoms with Crippen LogP contribution in [0.2, 0.25) is 0 Å². The number of nitrogens with one attached hydrogen (secondary N) is 1. The number of phenols is 1. The summed E-state index contributed by atoms with van der Waals surface area (Å²) < 4.78 is 3.86. The Morgan fingerprint density at radius 3 is 2.46 bits per heavy atom. The number of hydrogen-bond acceptors (Lipinski definition) is 8. The second kappa shape index (κ2) is 17.5. The highest BCUT2D eigenvalue weighted by molar-refractivity contribution is 6.07. The van der Waals surface area contributed by atoms with Crippen LogP contribution in [0.3, 0.4) is 0 Å². The first-order valence-electron chi connectivity index (χ1n) is 20.2. The lowest BCUT2D eigenvalue weighted by Gasteiger charge is -2.57. The monoisotopic (exact) mass is 801 g/mol. The Morgan fingerprint density at radius 1 is 1.02 bits per heavy atom. The number of urea groups is 1. The second-order valence-electron chi connectivity index (χ2n) is 15.8. The number of hydrogen-bond donors (Lipinski definition) is 3. The molecule has 1 unspecified atom stereocenters. The molecule has 14 heteroatoms. The van der Waals surface area contributed by atoms with Crippen LogP contribution in [0.15, 0.2) is 91.6 Å². The number of aromatic nitrogens is 3. The fourth-order valence-electron chi connectivity index (χ4n) is 8.77. The van der Waals surface area contributed by atoms with Crippen molar-refractivity contribution in [2.75, 3.05) is 33.2 Å². The smallest absolute Gasteiger partial charge is 0.334 e. The van der Waals surface area contributed by atoms with Gasteiger partial charge in [0.05, 0.1) is 29.4 Å². The molecule has 14 nitrogen and oxygen atoms in total. The Bertz CT molecular complexity index is 2320. The van der Waals surface area contributed by atoms with Crippen molar-refractivity contribution in [3.05, 3.63) is 131 Å². The van der Waals surface area contributed by atoms with Gasteiger partial charge in [-0.05, 0) is 67.5 Å². The summed E-state index contributed by atoms with van der Waals surface area (Å²) in [5.41, 5.74) is 7.46. The van der Waals surface area contributed by atoms with Crippen molar-refractivity contribution in [1.82, 2.24) is 44.4 Å². The number of fused-ring (bicyclic) bond motifs is 2. The zero-order valence-corrected chi connectivity index (χ0v) is 34.6. The lowest BCUT2D eigenvalue weighted by molar-refractivity contribution is -0.210. The Balaban J connectivity index is 1.18. The molecule has 0 spiro atoms. The quantitative estimate of drug-likeness (QED) is 0.148. The molecule has 7 rings (SSSR count). The topological polar surface area (TPSA) is 143 Å². The van der Waals surface area contributed by atoms with Crippen molar-refractivity contribution in [2.24, 2.45) is 14.1 Å². The van der Waals surface area contributed by atoms with Crippen LogP contribution in [0.5, 0.6) is 5.75 Å². The summed E-state index contributed by atoms with van der Waals surface area (Å²) in [4.78, 5) is 47.7. The standard InChI is InChI=1S/C45H55N9O5/c1-7-22-52-29-41(56)53-39(24-32-18-20-35(55)21-19-32)44(58)51(28-40(53)54(52)45(59)46-25-33-13-9-8-10-14-33)26-34-15-11-16-37-38(27-49(5)42(34)37)43(57)48(4)23-12-17-36-30(2)47-50(6)31(36)3/h7-11,13-16,18-21,27,39-40,44,55,58H,1,12,17,22-26,28-29H2,2-6H3,(H,46,59)/t39-,40-,44?/m0/s1. The number of carbonyl (C=O) groups excluding carboxylic acids is 3. The number of benzene rings is 3. The number of phenolic OH excluding ortho intramolecular Hbond substituents is 1. The highest BCUT2D eigenvalue weighted by atomic mass is 16.3. The third-order valence-corrected chi connectivity index (χ3v) is 11.8. The fourth-order valence-corrected chi connectivity index (χ4v) is 8.77. The van der Waals surface area contributed by atoms with Crippen molar-refractivity contribution in [3.8, 4) is 5.75 Å². The van der Waals surface area contributed by atoms with Crippen molar-refractivity contribution in [1.29, 1.82) is 0 Å². The van der Waals surface area contributed by atoms with Crippen molar-refractivity contribution >= 4 is 28.7 Å². The number of aromatic hydroxyl groups is 1. The Morgan fingerprint density at radius 2 is 1.76 bits per heavy atom. The molecule has 2 aliphatic heterocycles. The van der Waals surface area contributed by atoms with E-state index in [1.807, 2.05) is 96.9 Å². The number of aryl methyl sites for hydroxylation is 3. The van der Waals surface area contributed by atoms with E-state index in [0.29, 0.717) is 12.1 Å². The minimum Gasteiger partial charge on any atom is -0.508 e. The summed E-state index contributed by atoms with van der Waals surface area (Å²) >= 11 is 0. The minimum atomic E-state index is -1.11. The summed E-state index contributed by atoms with van der Waals surface area (Å²) in [5, 5.41) is 34.0. The summed E-state index contributed by atoms with van der Waals surface area (Å²) in [7, 11) is 5.70. The number of aliphatic hydroxyl groups excluding tert-OH is 1. The molecule has 59 heavy (non-hydrogen) atoms. The van der Waals surface area contributed by atoms with Crippen LogP contribution in [-0.4, -0.2) is 119 Å². The normalized spacial score (nSPS) is 18.6. The second-order valence-corrected chi connectivity index (χ2v) is 15.8. The van der Waals surface area contributed by atoms with Crippen molar-refractivity contribution in [3.63, 3.8) is 0 Å². The summed E-state index contributed by atoms with van der Waals surface area (Å²) in [6.45, 7) is 9.47. The molecular formula is C45H55N9O5. The first kappa shape index (κ1) is 41.2. The minimum absolute atomic E-state index is 0.0727. The van der Waals surface area contributed by atoms with Crippen molar-refractivity contribution in [2.45, 2.75) is 64.6 Å². The molecule has 0 saturated carbocycles. The molecule has 2 saturated heterocycles. The first-order chi connectivity index (χ1) is 28.4. The van der Waals surface area contributed by atoms with E-state index >= 15 is 0 Å². The number of piperazine rings is 1. The van der Waals surface area contributed by atoms with Crippen molar-refractivity contribution < 1.29 is 24.6 Å². The zero-order valence-electron chi connectivity index (χ0n) is 34.6. The Labute approximate surface area is 345 Å². The average Bonchev–Trinajstić information content (AvgIpc) is 3.69. The molecule has 2 fully saturated rings. The third-order valence-electron chi connectivity index (χ3n) is 11.8. The molecule has 3 aromatic carbocycles. The predicted octanol–water partition coefficient (Wildman–Crippen LogP) is 4.47. The summed E-state index contributed by atoms with van der Waals surface area (Å²) in [5.74, 6) is -0.174. The maximum absolute atomic E-state index is 14.2. The van der Waals surface area contributed by atoms with E-state index in [0.717, 1.165) is 51.8 Å². The number of carbonyl (C=O) groups is 3. The highest BCUT2D eigenvalue weighted by Gasteiger charge is 2.51. The van der Waals surface area contributed by atoms with E-state index in [1.54, 1.807) is 50.2 Å². The van der Waals surface area contributed by atoms with Gasteiger partial charge in [0.15, 0.2) is 0 Å². The van der Waals surface area contributed by atoms with Gasteiger partial charge in [-0.3, -0.25) is 19.2 Å². The van der Waals surface area contributed by atoms with Crippen LogP contribution < -0.4 is 5.32 Å². The SMILES string of the molecule is C=CCN1CC(=O)N2[C@@H](Cc3ccc(O)cc3)C(O)N(Cc3cccc4c(C(=O)N(C)CCCc5c(C)nn(C)c5C)cn(C)c34)C[C@@H]2N1C(=O)NCc1ccccc1. The van der Waals surface area contributed by atoms with Crippen LogP contribution in [0.4, 0.5) is 4.79 Å². The maximum atomic E-state index is 14.2. The van der Waals surface area contributed by atoms with Crippen LogP contribution >= 0.6 is 0 Å². The lowest BCUT2D eigenvalue weighted by Crippen LogP contribution is -2.77. The number of rotatable bonds is 13. The van der Waals surface area contributed by atoms with Gasteiger partial charge in [-0.2, -0.15) is 5.10 Å². The van der Waals surface area contributed by atoms with Gasteiger partial charge in [0, 0.05) is 71.1 Å². The molecule has 2 aliphatic rings. The highest BCUT2D eigenvalue weighted by Crippen LogP contribution is 2.33. The molecule has 0 aliphatic carbocycles. The van der Waals surface area contributed by atoms with E-state index in [2.05, 4.69) is 23.9 Å². The summed E-state index contributed by atoms with van der Waals surface area (Å²) in [6.07, 6.45) is 3.57. The lowest BCUT2D eigenvalue weighted by atomic mass is 9.97. The molecule has 0 bridgehead atoms. The molecule has 4 heterocycles. The number of aliphatic hydroxyl groups is 1.